The Balaban J connectivity index is 1.74. The summed E-state index contributed by atoms with van der Waals surface area (Å²) in [7, 11) is 0. The van der Waals surface area contributed by atoms with Crippen LogP contribution in [-0.2, 0) is 12.1 Å². The number of carbonyl (C=O) groups is 1. The van der Waals surface area contributed by atoms with Gasteiger partial charge in [0, 0.05) is 17.6 Å². The number of pyridine rings is 1. The number of aromatic nitrogens is 2. The van der Waals surface area contributed by atoms with Crippen LogP contribution in [0.1, 0.15) is 29.8 Å². The molecule has 0 aliphatic heterocycles. The Bertz CT molecular complexity index is 1390. The predicted molar refractivity (Wildman–Crippen MR) is 125 cm³/mol. The van der Waals surface area contributed by atoms with Crippen LogP contribution in [0.3, 0.4) is 0 Å². The number of benzene rings is 1. The van der Waals surface area contributed by atoms with Crippen LogP contribution in [0, 0.1) is 11.6 Å². The number of halogens is 2. The number of anilines is 2. The highest BCUT2D eigenvalue weighted by Gasteiger charge is 2.24. The molecule has 178 valence electrons. The molecule has 0 aliphatic rings. The molecule has 0 fully saturated rings. The van der Waals surface area contributed by atoms with Crippen molar-refractivity contribution >= 4 is 39.0 Å². The standard InChI is InChI=1S/C23H22F2N4O4S/c1-23(2,33)11-7-14(24)19(15(25)8-11)17-9-13(20(26)31)21(34-17)28-18-4-3-12-16(27-18)10-29(5-6-30)22(12)32/h3-4,7-10,30,32-33H,5-6H2,1-2H3,(H2,26,31)(H,27,28). The number of nitrogens with zero attached hydrogens (tertiary/aromatic N) is 2. The van der Waals surface area contributed by atoms with Crippen molar-refractivity contribution in [2.75, 3.05) is 11.9 Å². The Hall–Kier alpha value is -3.54. The number of hydrogen-bond acceptors (Lipinski definition) is 7. The van der Waals surface area contributed by atoms with Crippen molar-refractivity contribution in [2.45, 2.75) is 26.0 Å². The van der Waals surface area contributed by atoms with E-state index in [0.29, 0.717) is 16.7 Å². The lowest BCUT2D eigenvalue weighted by Gasteiger charge is -2.18. The van der Waals surface area contributed by atoms with Gasteiger partial charge in [-0.15, -0.1) is 11.3 Å². The number of aromatic hydroxyl groups is 1. The van der Waals surface area contributed by atoms with Crippen molar-refractivity contribution in [3.05, 3.63) is 59.3 Å². The quantitative estimate of drug-likeness (QED) is 0.269. The van der Waals surface area contributed by atoms with Gasteiger partial charge in [-0.05, 0) is 49.7 Å². The number of nitrogens with one attached hydrogen (secondary N) is 1. The molecule has 8 nitrogen and oxygen atoms in total. The zero-order valence-electron chi connectivity index (χ0n) is 18.3. The first-order valence-electron chi connectivity index (χ1n) is 10.2. The number of thiophene rings is 1. The first kappa shape index (κ1) is 23.6. The molecule has 0 aliphatic carbocycles. The summed E-state index contributed by atoms with van der Waals surface area (Å²) in [6.45, 7) is 2.86. The lowest BCUT2D eigenvalue weighted by molar-refractivity contribution is 0.0778. The zero-order chi connectivity index (χ0) is 24.8. The highest BCUT2D eigenvalue weighted by atomic mass is 32.1. The van der Waals surface area contributed by atoms with Gasteiger partial charge in [-0.2, -0.15) is 0 Å². The minimum atomic E-state index is -1.43. The third-order valence-corrected chi connectivity index (χ3v) is 6.36. The second-order valence-corrected chi connectivity index (χ2v) is 9.27. The van der Waals surface area contributed by atoms with Gasteiger partial charge in [-0.3, -0.25) is 4.79 Å². The maximum absolute atomic E-state index is 14.8. The fourth-order valence-corrected chi connectivity index (χ4v) is 4.66. The summed E-state index contributed by atoms with van der Waals surface area (Å²) in [5.41, 5.74) is 4.24. The van der Waals surface area contributed by atoms with Gasteiger partial charge >= 0.3 is 0 Å². The molecule has 3 heterocycles. The Morgan fingerprint density at radius 1 is 1.24 bits per heavy atom. The minimum absolute atomic E-state index is 0.0213. The lowest BCUT2D eigenvalue weighted by Crippen LogP contribution is -2.16. The molecular formula is C23H22F2N4O4S. The third-order valence-electron chi connectivity index (χ3n) is 5.29. The average Bonchev–Trinajstić information content (AvgIpc) is 3.28. The van der Waals surface area contributed by atoms with Crippen LogP contribution in [0.4, 0.5) is 19.6 Å². The van der Waals surface area contributed by atoms with Crippen LogP contribution in [0.2, 0.25) is 0 Å². The molecule has 3 aromatic heterocycles. The SMILES string of the molecule is CC(C)(O)c1cc(F)c(-c2cc(C(N)=O)c(Nc3ccc4c(O)n(CCO)cc4n3)s2)c(F)c1. The molecule has 0 radical (unpaired) electrons. The summed E-state index contributed by atoms with van der Waals surface area (Å²) in [5, 5.41) is 33.1. The normalized spacial score (nSPS) is 11.8. The number of nitrogens with two attached hydrogens (primary N) is 1. The van der Waals surface area contributed by atoms with Crippen LogP contribution in [0.5, 0.6) is 5.88 Å². The zero-order valence-corrected chi connectivity index (χ0v) is 19.1. The van der Waals surface area contributed by atoms with Gasteiger partial charge in [0.15, 0.2) is 0 Å². The molecule has 4 rings (SSSR count). The van der Waals surface area contributed by atoms with Crippen LogP contribution < -0.4 is 11.1 Å². The molecule has 1 amide bonds. The van der Waals surface area contributed by atoms with E-state index in [1.807, 2.05) is 0 Å². The number of primary amides is 1. The smallest absolute Gasteiger partial charge is 0.251 e. The fraction of sp³-hybridized carbons (Fsp3) is 0.217. The first-order valence-corrected chi connectivity index (χ1v) is 11.0. The van der Waals surface area contributed by atoms with Gasteiger partial charge in [0.05, 0.1) is 34.2 Å². The lowest BCUT2D eigenvalue weighted by atomic mass is 9.96. The van der Waals surface area contributed by atoms with Crippen molar-refractivity contribution in [1.82, 2.24) is 9.55 Å². The maximum Gasteiger partial charge on any atom is 0.251 e. The third kappa shape index (κ3) is 4.32. The van der Waals surface area contributed by atoms with Crippen molar-refractivity contribution in [3.63, 3.8) is 0 Å². The minimum Gasteiger partial charge on any atom is -0.494 e. The number of aliphatic hydroxyl groups is 2. The number of amides is 1. The van der Waals surface area contributed by atoms with E-state index in [1.54, 1.807) is 18.3 Å². The van der Waals surface area contributed by atoms with Gasteiger partial charge in [-0.1, -0.05) is 0 Å². The second kappa shape index (κ2) is 8.67. The molecular weight excluding hydrogens is 466 g/mol. The van der Waals surface area contributed by atoms with Crippen molar-refractivity contribution in [2.24, 2.45) is 5.73 Å². The molecule has 11 heteroatoms. The van der Waals surface area contributed by atoms with Crippen molar-refractivity contribution < 1.29 is 28.9 Å². The van der Waals surface area contributed by atoms with Crippen LogP contribution in [0.25, 0.3) is 21.3 Å². The first-order chi connectivity index (χ1) is 16.0. The van der Waals surface area contributed by atoms with E-state index in [1.165, 1.54) is 24.5 Å². The van der Waals surface area contributed by atoms with E-state index in [9.17, 15) is 23.8 Å². The molecule has 4 aromatic rings. The van der Waals surface area contributed by atoms with E-state index in [-0.39, 0.29) is 45.6 Å². The summed E-state index contributed by atoms with van der Waals surface area (Å²) in [6, 6.07) is 6.57. The Labute approximate surface area is 196 Å². The van der Waals surface area contributed by atoms with E-state index in [2.05, 4.69) is 10.3 Å². The molecule has 0 atom stereocenters. The van der Waals surface area contributed by atoms with Crippen molar-refractivity contribution in [3.8, 4) is 16.3 Å². The fourth-order valence-electron chi connectivity index (χ4n) is 3.54. The summed E-state index contributed by atoms with van der Waals surface area (Å²) in [6.07, 6.45) is 1.57. The number of aliphatic hydroxyl groups excluding tert-OH is 1. The Morgan fingerprint density at radius 2 is 1.91 bits per heavy atom. The molecule has 6 N–H and O–H groups in total. The topological polar surface area (TPSA) is 134 Å². The number of hydrogen-bond donors (Lipinski definition) is 5. The van der Waals surface area contributed by atoms with Gasteiger partial charge in [0.2, 0.25) is 5.88 Å². The predicted octanol–water partition coefficient (Wildman–Crippen LogP) is 3.81. The maximum atomic E-state index is 14.8. The highest BCUT2D eigenvalue weighted by Crippen LogP contribution is 2.40. The summed E-state index contributed by atoms with van der Waals surface area (Å²) < 4.78 is 31.1. The highest BCUT2D eigenvalue weighted by molar-refractivity contribution is 7.20. The Kier molecular flexibility index (Phi) is 6.02. The van der Waals surface area contributed by atoms with Crippen molar-refractivity contribution in [1.29, 1.82) is 0 Å². The van der Waals surface area contributed by atoms with E-state index >= 15 is 0 Å². The van der Waals surface area contributed by atoms with E-state index < -0.39 is 23.1 Å². The number of fused-ring (bicyclic) bond motifs is 1. The molecule has 34 heavy (non-hydrogen) atoms. The molecule has 0 unspecified atom stereocenters. The number of rotatable bonds is 7. The van der Waals surface area contributed by atoms with E-state index in [0.717, 1.165) is 23.5 Å². The molecule has 1 aromatic carbocycles. The Morgan fingerprint density at radius 3 is 2.50 bits per heavy atom. The van der Waals surface area contributed by atoms with Gasteiger partial charge in [0.1, 0.15) is 22.5 Å². The summed E-state index contributed by atoms with van der Waals surface area (Å²) in [4.78, 5) is 16.6. The van der Waals surface area contributed by atoms with Crippen LogP contribution >= 0.6 is 11.3 Å². The monoisotopic (exact) mass is 488 g/mol. The van der Waals surface area contributed by atoms with E-state index in [4.69, 9.17) is 10.8 Å². The van der Waals surface area contributed by atoms with Crippen LogP contribution in [-0.4, -0.2) is 37.4 Å². The number of carbonyl (C=O) groups excluding carboxylic acids is 1. The van der Waals surface area contributed by atoms with Gasteiger partial charge < -0.3 is 30.9 Å². The molecule has 0 spiro atoms. The largest absolute Gasteiger partial charge is 0.494 e. The molecule has 0 saturated heterocycles. The van der Waals surface area contributed by atoms with Gasteiger partial charge in [-0.25, -0.2) is 13.8 Å². The average molecular weight is 489 g/mol. The molecule has 0 bridgehead atoms. The van der Waals surface area contributed by atoms with Crippen LogP contribution in [0.15, 0.2) is 36.5 Å². The molecule has 0 saturated carbocycles. The summed E-state index contributed by atoms with van der Waals surface area (Å²) in [5.74, 6) is -2.31. The second-order valence-electron chi connectivity index (χ2n) is 8.22. The summed E-state index contributed by atoms with van der Waals surface area (Å²) >= 11 is 0.917. The van der Waals surface area contributed by atoms with Gasteiger partial charge in [0.25, 0.3) is 5.91 Å².